The fourth-order valence-corrected chi connectivity index (χ4v) is 10.3. The summed E-state index contributed by atoms with van der Waals surface area (Å²) in [5.41, 5.74) is 12.1. The highest BCUT2D eigenvalue weighted by Gasteiger charge is 2.39. The predicted octanol–water partition coefficient (Wildman–Crippen LogP) is 9.18. The van der Waals surface area contributed by atoms with E-state index in [9.17, 15) is 19.2 Å². The maximum Gasteiger partial charge on any atom is 0.411 e. The second-order valence-electron chi connectivity index (χ2n) is 18.0. The highest BCUT2D eigenvalue weighted by atomic mass is 16.5. The molecule has 2 bridgehead atoms. The third kappa shape index (κ3) is 7.83. The number of H-pyrrole nitrogens is 2. The molecule has 2 unspecified atom stereocenters. The molecule has 4 heterocycles. The topological polar surface area (TPSA) is 175 Å². The van der Waals surface area contributed by atoms with Crippen LogP contribution in [0.25, 0.3) is 44.5 Å². The van der Waals surface area contributed by atoms with Gasteiger partial charge in [-0.05, 0) is 115 Å². The number of imidazole rings is 2. The highest BCUT2D eigenvalue weighted by molar-refractivity contribution is 5.97. The minimum atomic E-state index is -0.691. The van der Waals surface area contributed by atoms with Crippen LogP contribution < -0.4 is 10.6 Å². The van der Waals surface area contributed by atoms with Crippen LogP contribution in [0.3, 0.4) is 0 Å². The molecule has 5 aliphatic rings. The predicted molar refractivity (Wildman–Crippen MR) is 244 cm³/mol. The number of likely N-dealkylation sites (tertiary alicyclic amines) is 2. The summed E-state index contributed by atoms with van der Waals surface area (Å²) in [6, 6.07) is 18.4. The second kappa shape index (κ2) is 17.5. The van der Waals surface area contributed by atoms with Gasteiger partial charge in [0, 0.05) is 24.9 Å². The lowest BCUT2D eigenvalue weighted by atomic mass is 9.67. The molecule has 2 aliphatic heterocycles. The fraction of sp³-hybridized carbons (Fsp3) is 0.400. The zero-order valence-electron chi connectivity index (χ0n) is 37.3. The van der Waals surface area contributed by atoms with E-state index in [0.717, 1.165) is 83.6 Å². The third-order valence-corrected chi connectivity index (χ3v) is 13.5. The summed E-state index contributed by atoms with van der Waals surface area (Å²) in [6.07, 6.45) is 10.8. The van der Waals surface area contributed by atoms with Gasteiger partial charge in [0.25, 0.3) is 5.91 Å². The lowest BCUT2D eigenvalue weighted by Crippen LogP contribution is -2.51. The largest absolute Gasteiger partial charge is 0.453 e. The van der Waals surface area contributed by atoms with Gasteiger partial charge in [-0.15, -0.1) is 0 Å². The Morgan fingerprint density at radius 1 is 0.734 bits per heavy atom. The van der Waals surface area contributed by atoms with Gasteiger partial charge in [-0.3, -0.25) is 14.9 Å². The van der Waals surface area contributed by atoms with Gasteiger partial charge in [-0.1, -0.05) is 68.5 Å². The molecule has 4 N–H and O–H groups in total. The van der Waals surface area contributed by atoms with Crippen molar-refractivity contribution >= 4 is 35.0 Å². The van der Waals surface area contributed by atoms with Gasteiger partial charge >= 0.3 is 12.2 Å². The molecular formula is C50H56N8O6. The molecule has 14 nitrogen and oxygen atoms in total. The number of aromatic nitrogens is 4. The van der Waals surface area contributed by atoms with E-state index in [4.69, 9.17) is 19.4 Å². The molecule has 2 fully saturated rings. The van der Waals surface area contributed by atoms with E-state index in [1.807, 2.05) is 24.9 Å². The number of carbonyl (C=O) groups excluding carboxylic acids is 4. The Morgan fingerprint density at radius 3 is 1.97 bits per heavy atom. The van der Waals surface area contributed by atoms with Crippen LogP contribution in [0.2, 0.25) is 0 Å². The molecule has 2 aromatic heterocycles. The number of carbonyl (C=O) groups is 4. The van der Waals surface area contributed by atoms with Crippen molar-refractivity contribution < 1.29 is 28.7 Å². The molecule has 3 aromatic carbocycles. The molecule has 10 rings (SSSR count). The van der Waals surface area contributed by atoms with E-state index in [-0.39, 0.29) is 35.5 Å². The third-order valence-electron chi connectivity index (χ3n) is 13.5. The molecule has 4 amide bonds. The van der Waals surface area contributed by atoms with Crippen molar-refractivity contribution in [2.75, 3.05) is 27.3 Å². The first-order valence-electron chi connectivity index (χ1n) is 22.4. The average Bonchev–Trinajstić information content (AvgIpc) is 4.16. The van der Waals surface area contributed by atoms with E-state index in [0.29, 0.717) is 30.5 Å². The standard InChI is InChI=1S/C50H56N8O6/c1-27(2)43(55-49(61)63-5)47(59)57-23-7-9-39(57)45-51-26-38(54-45)30-13-11-29(12-14-30)34-20-21-35(42-32-17-15-31(16-18-32)41(34)42)33-19-22-36-37(25-33)53-46(52-36)40-10-8-24-58(40)48(60)44(28(3)4)56-50(62)64-6/h11-15,17,19-22,25-27,31-32,39-40,43H,7-10,16,18,23-24H2,1-6H3,(H,51,54)(H,52,53)(H,55,61)(H,56,62)/t31?,32?,39-,40-,43-/m0/s1. The van der Waals surface area contributed by atoms with Gasteiger partial charge in [0.05, 0.1) is 49.2 Å². The zero-order chi connectivity index (χ0) is 44.8. The van der Waals surface area contributed by atoms with Gasteiger partial charge in [0.1, 0.15) is 23.4 Å². The highest BCUT2D eigenvalue weighted by Crippen LogP contribution is 2.52. The van der Waals surface area contributed by atoms with E-state index in [2.05, 4.69) is 87.4 Å². The van der Waals surface area contributed by atoms with E-state index in [1.54, 1.807) is 18.7 Å². The zero-order valence-corrected chi connectivity index (χ0v) is 37.3. The molecule has 64 heavy (non-hydrogen) atoms. The Hall–Kier alpha value is -6.70. The quantitative estimate of drug-likeness (QED) is 0.0794. The molecule has 0 spiro atoms. The number of hydrogen-bond acceptors (Lipinski definition) is 8. The summed E-state index contributed by atoms with van der Waals surface area (Å²) in [7, 11) is 2.58. The first kappa shape index (κ1) is 42.6. The summed E-state index contributed by atoms with van der Waals surface area (Å²) < 4.78 is 9.58. The number of aromatic amines is 2. The number of nitrogens with zero attached hydrogens (tertiary/aromatic N) is 4. The SMILES string of the molecule is COC(=O)NC(C(=O)N1CCC[C@H]1c1nc2ccc(-c3ccc(-c4ccc(-c5cnc([C@@H]6CCCN6C(=O)[C@@H](NC(=O)OC)C(C)C)[nH]5)cc4)c4c3C3C=CC4CC3)cc2[nH]1)=C(C)C. The number of ether oxygens (including phenoxy) is 2. The van der Waals surface area contributed by atoms with Crippen LogP contribution in [0.15, 0.2) is 84.2 Å². The average molecular weight is 865 g/mol. The number of alkyl carbamates (subject to hydrolysis) is 2. The van der Waals surface area contributed by atoms with Crippen LogP contribution >= 0.6 is 0 Å². The number of methoxy groups -OCH3 is 2. The summed E-state index contributed by atoms with van der Waals surface area (Å²) in [6.45, 7) is 8.58. The molecule has 14 heteroatoms. The fourth-order valence-electron chi connectivity index (χ4n) is 10.3. The van der Waals surface area contributed by atoms with E-state index >= 15 is 0 Å². The van der Waals surface area contributed by atoms with E-state index in [1.165, 1.54) is 36.5 Å². The molecule has 0 radical (unpaired) electrons. The van der Waals surface area contributed by atoms with Crippen molar-refractivity contribution in [1.82, 2.24) is 40.4 Å². The Bertz CT molecular complexity index is 2690. The summed E-state index contributed by atoms with van der Waals surface area (Å²) >= 11 is 0. The number of benzene rings is 3. The van der Waals surface area contributed by atoms with Crippen LogP contribution in [0.4, 0.5) is 9.59 Å². The summed E-state index contributed by atoms with van der Waals surface area (Å²) in [5, 5.41) is 5.34. The summed E-state index contributed by atoms with van der Waals surface area (Å²) in [4.78, 5) is 72.0. The first-order valence-corrected chi connectivity index (χ1v) is 22.4. The first-order chi connectivity index (χ1) is 30.9. The minimum Gasteiger partial charge on any atom is -0.453 e. The van der Waals surface area contributed by atoms with Gasteiger partial charge in [0.2, 0.25) is 5.91 Å². The van der Waals surface area contributed by atoms with Gasteiger partial charge in [-0.2, -0.15) is 0 Å². The van der Waals surface area contributed by atoms with Crippen molar-refractivity contribution in [2.45, 2.75) is 96.2 Å². The van der Waals surface area contributed by atoms with Crippen LogP contribution in [-0.4, -0.2) is 87.1 Å². The number of amides is 4. The number of hydrogen-bond donors (Lipinski definition) is 4. The number of allylic oxidation sites excluding steroid dienone is 3. The number of fused-ring (bicyclic) bond motifs is 2. The molecule has 2 saturated heterocycles. The van der Waals surface area contributed by atoms with Crippen LogP contribution in [0, 0.1) is 5.92 Å². The van der Waals surface area contributed by atoms with Crippen LogP contribution in [0.5, 0.6) is 0 Å². The molecule has 0 saturated carbocycles. The summed E-state index contributed by atoms with van der Waals surface area (Å²) in [5.74, 6) is 1.63. The van der Waals surface area contributed by atoms with Crippen molar-refractivity contribution in [3.8, 4) is 33.5 Å². The van der Waals surface area contributed by atoms with Crippen molar-refractivity contribution in [1.29, 1.82) is 0 Å². The van der Waals surface area contributed by atoms with E-state index < -0.39 is 18.2 Å². The minimum absolute atomic E-state index is 0.108. The molecular weight excluding hydrogens is 809 g/mol. The normalized spacial score (nSPS) is 20.4. The lowest BCUT2D eigenvalue weighted by Gasteiger charge is -2.37. The number of rotatable bonds is 10. The Balaban J connectivity index is 0.967. The lowest BCUT2D eigenvalue weighted by molar-refractivity contribution is -0.135. The smallest absolute Gasteiger partial charge is 0.411 e. The van der Waals surface area contributed by atoms with Crippen LogP contribution in [0.1, 0.15) is 113 Å². The van der Waals surface area contributed by atoms with Crippen molar-refractivity contribution in [3.05, 3.63) is 107 Å². The monoisotopic (exact) mass is 864 g/mol. The molecule has 332 valence electrons. The Kier molecular flexibility index (Phi) is 11.6. The van der Waals surface area contributed by atoms with Crippen molar-refractivity contribution in [3.63, 3.8) is 0 Å². The van der Waals surface area contributed by atoms with Crippen LogP contribution in [-0.2, 0) is 19.1 Å². The Morgan fingerprint density at radius 2 is 1.34 bits per heavy atom. The van der Waals surface area contributed by atoms with Gasteiger partial charge in [0.15, 0.2) is 0 Å². The number of nitrogens with one attached hydrogen (secondary N) is 4. The maximum atomic E-state index is 13.7. The second-order valence-corrected chi connectivity index (χ2v) is 18.0. The van der Waals surface area contributed by atoms with Gasteiger partial charge < -0.3 is 34.6 Å². The maximum absolute atomic E-state index is 13.7. The molecule has 5 aromatic rings. The Labute approximate surface area is 372 Å². The molecule has 5 atom stereocenters. The van der Waals surface area contributed by atoms with Crippen molar-refractivity contribution in [2.24, 2.45) is 5.92 Å². The molecule has 3 aliphatic carbocycles. The van der Waals surface area contributed by atoms with Gasteiger partial charge in [-0.25, -0.2) is 19.6 Å².